The molecule has 0 radical (unpaired) electrons. The van der Waals surface area contributed by atoms with E-state index >= 15 is 0 Å². The molecule has 0 aromatic heterocycles. The fourth-order valence-corrected chi connectivity index (χ4v) is 1.13. The van der Waals surface area contributed by atoms with Gasteiger partial charge in [-0.3, -0.25) is 9.63 Å². The standard InChI is InChI=1S/C8H14N2O4/c1-2-13-9-8(12)14-10-6-4-3-5-7(10)11/h2-6H2,1H3,(H,9,12). The second-order valence-electron chi connectivity index (χ2n) is 2.87. The molecule has 0 unspecified atom stereocenters. The average Bonchev–Trinajstić information content (AvgIpc) is 2.18. The van der Waals surface area contributed by atoms with E-state index in [0.29, 0.717) is 19.6 Å². The van der Waals surface area contributed by atoms with Crippen LogP contribution in [0.4, 0.5) is 4.79 Å². The minimum absolute atomic E-state index is 0.164. The zero-order valence-electron chi connectivity index (χ0n) is 8.12. The number of carbonyl (C=O) groups excluding carboxylic acids is 2. The second-order valence-corrected chi connectivity index (χ2v) is 2.87. The van der Waals surface area contributed by atoms with Gasteiger partial charge in [-0.25, -0.2) is 4.79 Å². The van der Waals surface area contributed by atoms with Gasteiger partial charge in [-0.1, -0.05) is 0 Å². The van der Waals surface area contributed by atoms with Crippen LogP contribution in [0.5, 0.6) is 0 Å². The quantitative estimate of drug-likeness (QED) is 0.680. The summed E-state index contributed by atoms with van der Waals surface area (Å²) in [4.78, 5) is 31.5. The summed E-state index contributed by atoms with van der Waals surface area (Å²) in [6.07, 6.45) is 1.38. The lowest BCUT2D eigenvalue weighted by molar-refractivity contribution is -0.173. The Hall–Kier alpha value is -1.30. The maximum absolute atomic E-state index is 11.2. The molecule has 1 saturated heterocycles. The van der Waals surface area contributed by atoms with Crippen molar-refractivity contribution in [3.05, 3.63) is 0 Å². The van der Waals surface area contributed by atoms with E-state index in [9.17, 15) is 9.59 Å². The molecule has 0 atom stereocenters. The Kier molecular flexibility index (Phi) is 4.18. The van der Waals surface area contributed by atoms with Crippen LogP contribution in [-0.4, -0.2) is 30.2 Å². The molecule has 14 heavy (non-hydrogen) atoms. The van der Waals surface area contributed by atoms with Crippen LogP contribution >= 0.6 is 0 Å². The molecule has 0 aromatic rings. The van der Waals surface area contributed by atoms with Crippen molar-refractivity contribution < 1.29 is 19.3 Å². The molecule has 0 bridgehead atoms. The van der Waals surface area contributed by atoms with Crippen LogP contribution in [0.2, 0.25) is 0 Å². The summed E-state index contributed by atoms with van der Waals surface area (Å²) in [6, 6.07) is 0. The Morgan fingerprint density at radius 3 is 3.00 bits per heavy atom. The highest BCUT2D eigenvalue weighted by Gasteiger charge is 2.21. The fraction of sp³-hybridized carbons (Fsp3) is 0.750. The molecule has 1 heterocycles. The van der Waals surface area contributed by atoms with Gasteiger partial charge in [-0.15, -0.1) is 0 Å². The summed E-state index contributed by atoms with van der Waals surface area (Å²) in [6.45, 7) is 2.54. The molecule has 6 nitrogen and oxygen atoms in total. The lowest BCUT2D eigenvalue weighted by atomic mass is 10.2. The average molecular weight is 202 g/mol. The van der Waals surface area contributed by atoms with Crippen molar-refractivity contribution in [3.63, 3.8) is 0 Å². The third kappa shape index (κ3) is 3.21. The predicted octanol–water partition coefficient (Wildman–Crippen LogP) is 0.592. The summed E-state index contributed by atoms with van der Waals surface area (Å²) >= 11 is 0. The van der Waals surface area contributed by atoms with Crippen molar-refractivity contribution in [2.75, 3.05) is 13.2 Å². The molecule has 1 aliphatic rings. The van der Waals surface area contributed by atoms with E-state index in [-0.39, 0.29) is 5.91 Å². The maximum atomic E-state index is 11.2. The van der Waals surface area contributed by atoms with Gasteiger partial charge < -0.3 is 4.84 Å². The van der Waals surface area contributed by atoms with E-state index in [0.717, 1.165) is 17.9 Å². The number of hydroxylamine groups is 3. The number of nitrogens with zero attached hydrogens (tertiary/aromatic N) is 1. The number of hydrogen-bond donors (Lipinski definition) is 1. The van der Waals surface area contributed by atoms with Gasteiger partial charge in [0.25, 0.3) is 5.91 Å². The maximum Gasteiger partial charge on any atom is 0.455 e. The monoisotopic (exact) mass is 202 g/mol. The number of hydrogen-bond acceptors (Lipinski definition) is 4. The first-order valence-corrected chi connectivity index (χ1v) is 4.64. The zero-order chi connectivity index (χ0) is 10.4. The number of carbonyl (C=O) groups is 2. The number of nitrogens with one attached hydrogen (secondary N) is 1. The molecule has 1 rings (SSSR count). The summed E-state index contributed by atoms with van der Waals surface area (Å²) in [5, 5.41) is 1.07. The largest absolute Gasteiger partial charge is 0.455 e. The SMILES string of the molecule is CCONC(=O)ON1CCCCC1=O. The van der Waals surface area contributed by atoms with E-state index in [4.69, 9.17) is 4.84 Å². The van der Waals surface area contributed by atoms with Crippen LogP contribution in [0.3, 0.4) is 0 Å². The normalized spacial score (nSPS) is 16.6. The van der Waals surface area contributed by atoms with Crippen LogP contribution in [0.1, 0.15) is 26.2 Å². The minimum atomic E-state index is -0.762. The molecule has 0 spiro atoms. The Balaban J connectivity index is 2.27. The van der Waals surface area contributed by atoms with Crippen molar-refractivity contribution in [2.24, 2.45) is 0 Å². The molecule has 1 N–H and O–H groups in total. The van der Waals surface area contributed by atoms with E-state index in [2.05, 4.69) is 4.84 Å². The third-order valence-electron chi connectivity index (χ3n) is 1.77. The first-order chi connectivity index (χ1) is 6.74. The second kappa shape index (κ2) is 5.43. The van der Waals surface area contributed by atoms with Gasteiger partial charge in [0.2, 0.25) is 0 Å². The fourth-order valence-electron chi connectivity index (χ4n) is 1.13. The van der Waals surface area contributed by atoms with E-state index in [1.165, 1.54) is 0 Å². The summed E-state index contributed by atoms with van der Waals surface area (Å²) in [5.74, 6) is -0.164. The van der Waals surface area contributed by atoms with Gasteiger partial charge in [-0.2, -0.15) is 10.5 Å². The van der Waals surface area contributed by atoms with Crippen LogP contribution in [0.15, 0.2) is 0 Å². The van der Waals surface area contributed by atoms with Crippen LogP contribution in [0.25, 0.3) is 0 Å². The lowest BCUT2D eigenvalue weighted by Gasteiger charge is -2.24. The molecule has 0 saturated carbocycles. The Morgan fingerprint density at radius 1 is 1.57 bits per heavy atom. The predicted molar refractivity (Wildman–Crippen MR) is 46.8 cm³/mol. The zero-order valence-corrected chi connectivity index (χ0v) is 8.12. The van der Waals surface area contributed by atoms with Crippen molar-refractivity contribution in [1.29, 1.82) is 0 Å². The Labute approximate surface area is 82.1 Å². The minimum Gasteiger partial charge on any atom is -0.317 e. The van der Waals surface area contributed by atoms with E-state index in [1.807, 2.05) is 5.48 Å². The molecule has 0 aromatic carbocycles. The van der Waals surface area contributed by atoms with Gasteiger partial charge in [0.05, 0.1) is 13.2 Å². The van der Waals surface area contributed by atoms with Gasteiger partial charge in [0.1, 0.15) is 0 Å². The number of amides is 2. The van der Waals surface area contributed by atoms with Crippen LogP contribution in [0, 0.1) is 0 Å². The highest BCUT2D eigenvalue weighted by molar-refractivity contribution is 5.77. The molecule has 1 aliphatic heterocycles. The Morgan fingerprint density at radius 2 is 2.36 bits per heavy atom. The highest BCUT2D eigenvalue weighted by atomic mass is 16.8. The molecule has 80 valence electrons. The van der Waals surface area contributed by atoms with Crippen molar-refractivity contribution >= 4 is 12.0 Å². The van der Waals surface area contributed by atoms with E-state index < -0.39 is 6.09 Å². The molecule has 1 fully saturated rings. The lowest BCUT2D eigenvalue weighted by Crippen LogP contribution is -2.40. The number of rotatable bonds is 3. The van der Waals surface area contributed by atoms with E-state index in [1.54, 1.807) is 6.92 Å². The summed E-state index contributed by atoms with van der Waals surface area (Å²) in [7, 11) is 0. The molecule has 0 aliphatic carbocycles. The van der Waals surface area contributed by atoms with Gasteiger partial charge in [0.15, 0.2) is 0 Å². The summed E-state index contributed by atoms with van der Waals surface area (Å²) < 4.78 is 0. The molecular weight excluding hydrogens is 188 g/mol. The molecule has 2 amide bonds. The van der Waals surface area contributed by atoms with Crippen LogP contribution in [-0.2, 0) is 14.5 Å². The topological polar surface area (TPSA) is 67.9 Å². The first kappa shape index (κ1) is 10.8. The summed E-state index contributed by atoms with van der Waals surface area (Å²) in [5.41, 5.74) is 2.05. The van der Waals surface area contributed by atoms with Crippen molar-refractivity contribution in [1.82, 2.24) is 10.5 Å². The van der Waals surface area contributed by atoms with Crippen molar-refractivity contribution in [2.45, 2.75) is 26.2 Å². The Bertz CT molecular complexity index is 219. The van der Waals surface area contributed by atoms with Gasteiger partial charge in [0, 0.05) is 6.42 Å². The first-order valence-electron chi connectivity index (χ1n) is 4.64. The van der Waals surface area contributed by atoms with Gasteiger partial charge in [-0.05, 0) is 19.8 Å². The van der Waals surface area contributed by atoms with Crippen LogP contribution < -0.4 is 5.48 Å². The molecule has 6 heteroatoms. The molecular formula is C8H14N2O4. The van der Waals surface area contributed by atoms with Crippen molar-refractivity contribution in [3.8, 4) is 0 Å². The van der Waals surface area contributed by atoms with Gasteiger partial charge >= 0.3 is 6.09 Å². The smallest absolute Gasteiger partial charge is 0.317 e. The third-order valence-corrected chi connectivity index (χ3v) is 1.77. The highest BCUT2D eigenvalue weighted by Crippen LogP contribution is 2.10. The number of piperidine rings is 1.